The molecule has 0 aliphatic heterocycles. The second-order valence-electron chi connectivity index (χ2n) is 6.00. The third-order valence-electron chi connectivity index (χ3n) is 3.93. The van der Waals surface area contributed by atoms with Crippen molar-refractivity contribution in [2.75, 3.05) is 13.2 Å². The largest absolute Gasteiger partial charge is 0.488 e. The molecule has 0 bridgehead atoms. The lowest BCUT2D eigenvalue weighted by atomic mass is 10.2. The topological polar surface area (TPSA) is 60.5 Å². The first-order valence-corrected chi connectivity index (χ1v) is 9.54. The Kier molecular flexibility index (Phi) is 6.36. The van der Waals surface area contributed by atoms with Crippen molar-refractivity contribution in [3.8, 4) is 5.75 Å². The van der Waals surface area contributed by atoms with Crippen molar-refractivity contribution in [2.45, 2.75) is 26.5 Å². The Hall–Kier alpha value is -2.51. The Morgan fingerprint density at radius 2 is 2.19 bits per heavy atom. The van der Waals surface area contributed by atoms with Crippen LogP contribution >= 0.6 is 11.3 Å². The quantitative estimate of drug-likeness (QED) is 0.629. The van der Waals surface area contributed by atoms with Gasteiger partial charge >= 0.3 is 0 Å². The molecule has 7 heteroatoms. The first-order chi connectivity index (χ1) is 13.1. The molecule has 0 fully saturated rings. The van der Waals surface area contributed by atoms with Crippen LogP contribution in [0.1, 0.15) is 29.1 Å². The fraction of sp³-hybridized carbons (Fsp3) is 0.300. The highest BCUT2D eigenvalue weighted by atomic mass is 32.1. The number of pyridine rings is 1. The number of thiophene rings is 1. The molecule has 1 aromatic carbocycles. The summed E-state index contributed by atoms with van der Waals surface area (Å²) in [7, 11) is 0. The maximum Gasteiger partial charge on any atom is 0.261 e. The van der Waals surface area contributed by atoms with E-state index in [1.165, 1.54) is 11.3 Å². The molecule has 2 heterocycles. The lowest BCUT2D eigenvalue weighted by Crippen LogP contribution is -2.23. The van der Waals surface area contributed by atoms with Gasteiger partial charge in [-0.25, -0.2) is 9.37 Å². The van der Waals surface area contributed by atoms with E-state index in [1.54, 1.807) is 30.5 Å². The van der Waals surface area contributed by atoms with Crippen molar-refractivity contribution < 1.29 is 18.7 Å². The predicted octanol–water partition coefficient (Wildman–Crippen LogP) is 4.17. The van der Waals surface area contributed by atoms with E-state index in [-0.39, 0.29) is 30.9 Å². The van der Waals surface area contributed by atoms with Crippen molar-refractivity contribution in [1.29, 1.82) is 0 Å². The summed E-state index contributed by atoms with van der Waals surface area (Å²) in [6.45, 7) is 4.67. The Morgan fingerprint density at radius 1 is 1.33 bits per heavy atom. The summed E-state index contributed by atoms with van der Waals surface area (Å²) >= 11 is 1.31. The van der Waals surface area contributed by atoms with E-state index in [0.29, 0.717) is 17.0 Å². The van der Waals surface area contributed by atoms with Crippen LogP contribution in [-0.2, 0) is 11.3 Å². The molecule has 1 atom stereocenters. The number of ether oxygens (including phenoxy) is 2. The first kappa shape index (κ1) is 19.3. The molecule has 0 radical (unpaired) electrons. The normalized spacial score (nSPS) is 12.1. The van der Waals surface area contributed by atoms with Gasteiger partial charge in [0.05, 0.1) is 11.0 Å². The maximum atomic E-state index is 14.6. The highest BCUT2D eigenvalue weighted by molar-refractivity contribution is 7.20. The minimum absolute atomic E-state index is 0.0740. The number of rotatable bonds is 8. The fourth-order valence-electron chi connectivity index (χ4n) is 2.59. The van der Waals surface area contributed by atoms with Crippen molar-refractivity contribution in [3.63, 3.8) is 0 Å². The van der Waals surface area contributed by atoms with Crippen LogP contribution in [0.3, 0.4) is 0 Å². The Bertz CT molecular complexity index is 895. The highest BCUT2D eigenvalue weighted by Gasteiger charge is 2.14. The van der Waals surface area contributed by atoms with E-state index in [0.717, 1.165) is 10.2 Å². The average molecular weight is 388 g/mol. The van der Waals surface area contributed by atoms with E-state index in [9.17, 15) is 9.18 Å². The van der Waals surface area contributed by atoms with Crippen molar-refractivity contribution >= 4 is 27.5 Å². The molecule has 0 aliphatic rings. The standard InChI is InChI=1S/C20H21FN2O3S/c1-3-25-13(2)12-26-16-8-4-6-15(18(16)21)11-23-19(24)17-10-14-7-5-9-22-20(14)27-17/h4-10,13H,3,11-12H2,1-2H3,(H,23,24). The molecule has 1 amide bonds. The molecular weight excluding hydrogens is 367 g/mol. The monoisotopic (exact) mass is 388 g/mol. The van der Waals surface area contributed by atoms with Crippen LogP contribution in [0.15, 0.2) is 42.6 Å². The number of halogens is 1. The Balaban J connectivity index is 1.63. The van der Waals surface area contributed by atoms with Crippen LogP contribution in [0, 0.1) is 5.82 Å². The maximum absolute atomic E-state index is 14.6. The van der Waals surface area contributed by atoms with Crippen LogP contribution < -0.4 is 10.1 Å². The number of nitrogens with one attached hydrogen (secondary N) is 1. The van der Waals surface area contributed by atoms with Gasteiger partial charge in [-0.15, -0.1) is 11.3 Å². The highest BCUT2D eigenvalue weighted by Crippen LogP contribution is 2.24. The summed E-state index contributed by atoms with van der Waals surface area (Å²) in [5.74, 6) is -0.576. The summed E-state index contributed by atoms with van der Waals surface area (Å²) in [6, 6.07) is 10.4. The number of hydrogen-bond donors (Lipinski definition) is 1. The lowest BCUT2D eigenvalue weighted by Gasteiger charge is -2.14. The van der Waals surface area contributed by atoms with Gasteiger partial charge in [-0.1, -0.05) is 18.2 Å². The van der Waals surface area contributed by atoms with Gasteiger partial charge in [-0.2, -0.15) is 0 Å². The third-order valence-corrected chi connectivity index (χ3v) is 4.98. The molecule has 0 saturated heterocycles. The zero-order valence-electron chi connectivity index (χ0n) is 15.2. The number of amides is 1. The van der Waals surface area contributed by atoms with Crippen LogP contribution in [0.25, 0.3) is 10.2 Å². The molecule has 2 aromatic heterocycles. The Labute approximate surface area is 161 Å². The number of carbonyl (C=O) groups excluding carboxylic acids is 1. The first-order valence-electron chi connectivity index (χ1n) is 8.73. The molecule has 1 unspecified atom stereocenters. The molecular formula is C20H21FN2O3S. The zero-order valence-corrected chi connectivity index (χ0v) is 16.0. The fourth-order valence-corrected chi connectivity index (χ4v) is 3.51. The second kappa shape index (κ2) is 8.92. The van der Waals surface area contributed by atoms with E-state index in [2.05, 4.69) is 10.3 Å². The molecule has 142 valence electrons. The zero-order chi connectivity index (χ0) is 19.2. The van der Waals surface area contributed by atoms with Crippen molar-refractivity contribution in [3.05, 3.63) is 58.9 Å². The van der Waals surface area contributed by atoms with Gasteiger partial charge in [-0.05, 0) is 32.0 Å². The van der Waals surface area contributed by atoms with Crippen LogP contribution in [0.4, 0.5) is 4.39 Å². The van der Waals surface area contributed by atoms with Crippen molar-refractivity contribution in [1.82, 2.24) is 10.3 Å². The van der Waals surface area contributed by atoms with E-state index in [4.69, 9.17) is 9.47 Å². The number of carbonyl (C=O) groups is 1. The second-order valence-corrected chi connectivity index (χ2v) is 7.03. The SMILES string of the molecule is CCOC(C)COc1cccc(CNC(=O)c2cc3cccnc3s2)c1F. The third kappa shape index (κ3) is 4.81. The van der Waals surface area contributed by atoms with Gasteiger partial charge in [0.25, 0.3) is 5.91 Å². The molecule has 0 saturated carbocycles. The summed E-state index contributed by atoms with van der Waals surface area (Å²) in [5, 5.41) is 3.67. The van der Waals surface area contributed by atoms with Crippen LogP contribution in [-0.4, -0.2) is 30.2 Å². The summed E-state index contributed by atoms with van der Waals surface area (Å²) in [6.07, 6.45) is 1.56. The van der Waals surface area contributed by atoms with Gasteiger partial charge in [-0.3, -0.25) is 4.79 Å². The van der Waals surface area contributed by atoms with E-state index in [1.807, 2.05) is 26.0 Å². The average Bonchev–Trinajstić information content (AvgIpc) is 3.10. The van der Waals surface area contributed by atoms with Gasteiger partial charge < -0.3 is 14.8 Å². The number of nitrogens with zero attached hydrogens (tertiary/aromatic N) is 1. The smallest absolute Gasteiger partial charge is 0.261 e. The van der Waals surface area contributed by atoms with E-state index >= 15 is 0 Å². The molecule has 0 aliphatic carbocycles. The number of aromatic nitrogens is 1. The van der Waals surface area contributed by atoms with E-state index < -0.39 is 5.82 Å². The number of benzene rings is 1. The van der Waals surface area contributed by atoms with Gasteiger partial charge in [0, 0.05) is 30.3 Å². The van der Waals surface area contributed by atoms with Crippen LogP contribution in [0.2, 0.25) is 0 Å². The van der Waals surface area contributed by atoms with Gasteiger partial charge in [0.15, 0.2) is 11.6 Å². The van der Waals surface area contributed by atoms with Crippen molar-refractivity contribution in [2.24, 2.45) is 0 Å². The Morgan fingerprint density at radius 3 is 2.96 bits per heavy atom. The minimum Gasteiger partial charge on any atom is -0.488 e. The molecule has 5 nitrogen and oxygen atoms in total. The van der Waals surface area contributed by atoms with Gasteiger partial charge in [0.2, 0.25) is 0 Å². The lowest BCUT2D eigenvalue weighted by molar-refractivity contribution is 0.0391. The van der Waals surface area contributed by atoms with Gasteiger partial charge in [0.1, 0.15) is 11.4 Å². The summed E-state index contributed by atoms with van der Waals surface area (Å²) in [4.78, 5) is 17.9. The number of fused-ring (bicyclic) bond motifs is 1. The summed E-state index contributed by atoms with van der Waals surface area (Å²) in [5.41, 5.74) is 0.365. The molecule has 1 N–H and O–H groups in total. The molecule has 3 aromatic rings. The molecule has 0 spiro atoms. The number of hydrogen-bond acceptors (Lipinski definition) is 5. The summed E-state index contributed by atoms with van der Waals surface area (Å²) < 4.78 is 25.5. The molecule has 27 heavy (non-hydrogen) atoms. The van der Waals surface area contributed by atoms with Crippen LogP contribution in [0.5, 0.6) is 5.75 Å². The minimum atomic E-state index is -0.473. The molecule has 3 rings (SSSR count). The predicted molar refractivity (Wildman–Crippen MR) is 104 cm³/mol.